The Kier molecular flexibility index (Phi) is 5.69. The highest BCUT2D eigenvalue weighted by Gasteiger charge is 2.17. The van der Waals surface area contributed by atoms with Crippen molar-refractivity contribution in [3.63, 3.8) is 0 Å². The first-order chi connectivity index (χ1) is 10.9. The Hall–Kier alpha value is -1.98. The van der Waals surface area contributed by atoms with E-state index < -0.39 is 10.0 Å². The van der Waals surface area contributed by atoms with E-state index in [1.54, 1.807) is 0 Å². The molecule has 0 aromatic heterocycles. The van der Waals surface area contributed by atoms with E-state index in [-0.39, 0.29) is 16.7 Å². The van der Waals surface area contributed by atoms with E-state index in [2.05, 4.69) is 4.72 Å². The van der Waals surface area contributed by atoms with Crippen LogP contribution in [0, 0.1) is 0 Å². The Morgan fingerprint density at radius 3 is 2.22 bits per heavy atom. The predicted molar refractivity (Wildman–Crippen MR) is 91.0 cm³/mol. The second-order valence-corrected chi connectivity index (χ2v) is 7.34. The number of carbonyl (C=O) groups excluding carboxylic acids is 1. The standard InChI is InChI=1S/C18H21NO3S/c1-14(8-9-16-6-4-3-5-7-16)19-23(21,22)18-12-10-17(11-13-18)15(2)20/h3-7,10-14,19H,8-9H2,1-2H3/t14-/m0/s1. The first-order valence-electron chi connectivity index (χ1n) is 7.56. The van der Waals surface area contributed by atoms with Gasteiger partial charge in [-0.3, -0.25) is 4.79 Å². The zero-order chi connectivity index (χ0) is 16.9. The fourth-order valence-corrected chi connectivity index (χ4v) is 3.57. The van der Waals surface area contributed by atoms with E-state index in [9.17, 15) is 13.2 Å². The molecule has 23 heavy (non-hydrogen) atoms. The van der Waals surface area contributed by atoms with Crippen LogP contribution in [0.15, 0.2) is 59.5 Å². The van der Waals surface area contributed by atoms with Crippen LogP contribution in [0.2, 0.25) is 0 Å². The summed E-state index contributed by atoms with van der Waals surface area (Å²) in [5.74, 6) is -0.0851. The van der Waals surface area contributed by atoms with Gasteiger partial charge in [-0.05, 0) is 44.4 Å². The lowest BCUT2D eigenvalue weighted by atomic mass is 10.1. The first kappa shape index (κ1) is 17.4. The molecule has 0 saturated heterocycles. The molecule has 122 valence electrons. The fraction of sp³-hybridized carbons (Fsp3) is 0.278. The smallest absolute Gasteiger partial charge is 0.240 e. The number of aryl methyl sites for hydroxylation is 1. The topological polar surface area (TPSA) is 63.2 Å². The van der Waals surface area contributed by atoms with Crippen molar-refractivity contribution >= 4 is 15.8 Å². The fourth-order valence-electron chi connectivity index (χ4n) is 2.29. The highest BCUT2D eigenvalue weighted by molar-refractivity contribution is 7.89. The van der Waals surface area contributed by atoms with E-state index >= 15 is 0 Å². The molecule has 0 radical (unpaired) electrons. The second kappa shape index (κ2) is 7.53. The molecule has 4 nitrogen and oxygen atoms in total. The molecule has 0 spiro atoms. The second-order valence-electron chi connectivity index (χ2n) is 5.63. The predicted octanol–water partition coefficient (Wildman–Crippen LogP) is 3.19. The van der Waals surface area contributed by atoms with Crippen LogP contribution in [-0.2, 0) is 16.4 Å². The van der Waals surface area contributed by atoms with Crippen molar-refractivity contribution in [2.75, 3.05) is 0 Å². The largest absolute Gasteiger partial charge is 0.295 e. The van der Waals surface area contributed by atoms with Crippen molar-refractivity contribution < 1.29 is 13.2 Å². The highest BCUT2D eigenvalue weighted by Crippen LogP contribution is 2.13. The molecule has 5 heteroatoms. The van der Waals surface area contributed by atoms with Gasteiger partial charge in [-0.1, -0.05) is 42.5 Å². The summed E-state index contributed by atoms with van der Waals surface area (Å²) in [6, 6.07) is 15.8. The minimum Gasteiger partial charge on any atom is -0.295 e. The van der Waals surface area contributed by atoms with Gasteiger partial charge >= 0.3 is 0 Å². The van der Waals surface area contributed by atoms with Gasteiger partial charge in [0.15, 0.2) is 5.78 Å². The summed E-state index contributed by atoms with van der Waals surface area (Å²) >= 11 is 0. The lowest BCUT2D eigenvalue weighted by Gasteiger charge is -2.14. The molecule has 0 aliphatic carbocycles. The van der Waals surface area contributed by atoms with Crippen molar-refractivity contribution in [3.8, 4) is 0 Å². The van der Waals surface area contributed by atoms with Crippen molar-refractivity contribution in [1.29, 1.82) is 0 Å². The summed E-state index contributed by atoms with van der Waals surface area (Å²) in [5, 5.41) is 0. The molecular formula is C18H21NO3S. The molecule has 0 heterocycles. The van der Waals surface area contributed by atoms with Crippen LogP contribution >= 0.6 is 0 Å². The molecule has 0 aliphatic rings. The van der Waals surface area contributed by atoms with Crippen LogP contribution in [0.3, 0.4) is 0 Å². The maximum absolute atomic E-state index is 12.3. The Morgan fingerprint density at radius 1 is 1.04 bits per heavy atom. The third-order valence-electron chi connectivity index (χ3n) is 3.64. The van der Waals surface area contributed by atoms with Crippen LogP contribution < -0.4 is 4.72 Å². The SMILES string of the molecule is CC(=O)c1ccc(S(=O)(=O)N[C@@H](C)CCc2ccccc2)cc1. The van der Waals surface area contributed by atoms with Crippen molar-refractivity contribution in [1.82, 2.24) is 4.72 Å². The quantitative estimate of drug-likeness (QED) is 0.793. The summed E-state index contributed by atoms with van der Waals surface area (Å²) in [6.45, 7) is 3.30. The zero-order valence-corrected chi connectivity index (χ0v) is 14.1. The van der Waals surface area contributed by atoms with Crippen molar-refractivity contribution in [2.24, 2.45) is 0 Å². The van der Waals surface area contributed by atoms with Gasteiger partial charge in [0.25, 0.3) is 0 Å². The minimum atomic E-state index is -3.57. The molecule has 0 bridgehead atoms. The van der Waals surface area contributed by atoms with Crippen LogP contribution in [0.1, 0.15) is 36.2 Å². The van der Waals surface area contributed by atoms with Gasteiger partial charge in [0, 0.05) is 11.6 Å². The first-order valence-corrected chi connectivity index (χ1v) is 9.04. The molecule has 1 N–H and O–H groups in total. The Bertz CT molecular complexity index is 753. The zero-order valence-electron chi connectivity index (χ0n) is 13.3. The Labute approximate surface area is 137 Å². The summed E-state index contributed by atoms with van der Waals surface area (Å²) in [4.78, 5) is 11.4. The van der Waals surface area contributed by atoms with Gasteiger partial charge in [0.05, 0.1) is 4.90 Å². The molecule has 0 fully saturated rings. The van der Waals surface area contributed by atoms with E-state index in [0.717, 1.165) is 12.8 Å². The molecular weight excluding hydrogens is 310 g/mol. The highest BCUT2D eigenvalue weighted by atomic mass is 32.2. The van der Waals surface area contributed by atoms with Crippen molar-refractivity contribution in [3.05, 3.63) is 65.7 Å². The van der Waals surface area contributed by atoms with E-state index in [1.165, 1.54) is 36.8 Å². The third-order valence-corrected chi connectivity index (χ3v) is 5.24. The van der Waals surface area contributed by atoms with Gasteiger partial charge in [-0.25, -0.2) is 13.1 Å². The number of sulfonamides is 1. The van der Waals surface area contributed by atoms with Crippen LogP contribution in [0.4, 0.5) is 0 Å². The summed E-state index contributed by atoms with van der Waals surface area (Å²) in [7, 11) is -3.57. The average Bonchev–Trinajstić information content (AvgIpc) is 2.53. The number of carbonyl (C=O) groups is 1. The van der Waals surface area contributed by atoms with Gasteiger partial charge in [-0.2, -0.15) is 0 Å². The molecule has 2 rings (SSSR count). The van der Waals surface area contributed by atoms with E-state index in [0.29, 0.717) is 5.56 Å². The molecule has 2 aromatic carbocycles. The summed E-state index contributed by atoms with van der Waals surface area (Å²) in [6.07, 6.45) is 1.53. The minimum absolute atomic E-state index is 0.0851. The normalized spacial score (nSPS) is 12.8. The van der Waals surface area contributed by atoms with Crippen LogP contribution in [0.25, 0.3) is 0 Å². The number of benzene rings is 2. The maximum atomic E-state index is 12.3. The monoisotopic (exact) mass is 331 g/mol. The third kappa shape index (κ3) is 5.01. The summed E-state index contributed by atoms with van der Waals surface area (Å²) in [5.41, 5.74) is 1.69. The van der Waals surface area contributed by atoms with Gasteiger partial charge < -0.3 is 0 Å². The number of Topliss-reactive ketones (excluding diaryl/α,β-unsaturated/α-hetero) is 1. The molecule has 1 atom stereocenters. The summed E-state index contributed by atoms with van der Waals surface area (Å²) < 4.78 is 27.4. The number of rotatable bonds is 7. The molecule has 0 amide bonds. The number of hydrogen-bond donors (Lipinski definition) is 1. The molecule has 0 unspecified atom stereocenters. The maximum Gasteiger partial charge on any atom is 0.240 e. The van der Waals surface area contributed by atoms with Gasteiger partial charge in [-0.15, -0.1) is 0 Å². The number of ketones is 1. The Morgan fingerprint density at radius 2 is 1.65 bits per heavy atom. The number of hydrogen-bond acceptors (Lipinski definition) is 3. The molecule has 2 aromatic rings. The van der Waals surface area contributed by atoms with Gasteiger partial charge in [0.1, 0.15) is 0 Å². The van der Waals surface area contributed by atoms with Gasteiger partial charge in [0.2, 0.25) is 10.0 Å². The van der Waals surface area contributed by atoms with E-state index in [1.807, 2.05) is 37.3 Å². The number of nitrogens with one attached hydrogen (secondary N) is 1. The lowest BCUT2D eigenvalue weighted by molar-refractivity contribution is 0.101. The lowest BCUT2D eigenvalue weighted by Crippen LogP contribution is -2.32. The Balaban J connectivity index is 1.98. The van der Waals surface area contributed by atoms with E-state index in [4.69, 9.17) is 0 Å². The average molecular weight is 331 g/mol. The molecule has 0 saturated carbocycles. The van der Waals surface area contributed by atoms with Crippen molar-refractivity contribution in [2.45, 2.75) is 37.6 Å². The van der Waals surface area contributed by atoms with Crippen LogP contribution in [0.5, 0.6) is 0 Å². The van der Waals surface area contributed by atoms with Crippen LogP contribution in [-0.4, -0.2) is 20.2 Å². The molecule has 0 aliphatic heterocycles.